The second-order valence-electron chi connectivity index (χ2n) is 4.76. The van der Waals surface area contributed by atoms with Crippen molar-refractivity contribution in [2.24, 2.45) is 0 Å². The van der Waals surface area contributed by atoms with Gasteiger partial charge < -0.3 is 4.74 Å². The fraction of sp³-hybridized carbons (Fsp3) is 0.200. The molecule has 0 fully saturated rings. The van der Waals surface area contributed by atoms with Crippen LogP contribution in [0.3, 0.4) is 0 Å². The zero-order chi connectivity index (χ0) is 17.2. The molecule has 0 aliphatic heterocycles. The lowest BCUT2D eigenvalue weighted by atomic mass is 10.2. The van der Waals surface area contributed by atoms with Crippen molar-refractivity contribution in [3.05, 3.63) is 41.3 Å². The predicted molar refractivity (Wildman–Crippen MR) is 87.2 cm³/mol. The maximum absolute atomic E-state index is 12.7. The van der Waals surface area contributed by atoms with Crippen LogP contribution in [0.15, 0.2) is 39.9 Å². The first-order valence-corrected chi connectivity index (χ1v) is 8.94. The van der Waals surface area contributed by atoms with Gasteiger partial charge in [-0.05, 0) is 42.1 Å². The van der Waals surface area contributed by atoms with E-state index in [0.717, 1.165) is 15.6 Å². The number of hydrogen-bond donors (Lipinski definition) is 0. The van der Waals surface area contributed by atoms with Crippen molar-refractivity contribution >= 4 is 38.9 Å². The summed E-state index contributed by atoms with van der Waals surface area (Å²) in [7, 11) is -3.97. The summed E-state index contributed by atoms with van der Waals surface area (Å²) in [4.78, 5) is 23.0. The van der Waals surface area contributed by atoms with Crippen LogP contribution >= 0.6 is 11.3 Å². The molecule has 2 aromatic rings. The first-order chi connectivity index (χ1) is 10.7. The number of rotatable bonds is 4. The molecule has 2 rings (SSSR count). The van der Waals surface area contributed by atoms with Gasteiger partial charge in [0.05, 0.1) is 5.69 Å². The zero-order valence-corrected chi connectivity index (χ0v) is 14.4. The Labute approximate surface area is 138 Å². The minimum Gasteiger partial charge on any atom is -0.427 e. The molecule has 6 nitrogen and oxygen atoms in total. The summed E-state index contributed by atoms with van der Waals surface area (Å²) < 4.78 is 31.2. The van der Waals surface area contributed by atoms with Gasteiger partial charge in [0.2, 0.25) is 5.91 Å². The van der Waals surface area contributed by atoms with Gasteiger partial charge in [-0.2, -0.15) is 8.42 Å². The molecule has 1 heterocycles. The molecule has 0 radical (unpaired) electrons. The highest BCUT2D eigenvalue weighted by molar-refractivity contribution is 7.95. The summed E-state index contributed by atoms with van der Waals surface area (Å²) in [5.74, 6) is -0.815. The van der Waals surface area contributed by atoms with Crippen LogP contribution in [-0.4, -0.2) is 20.3 Å². The van der Waals surface area contributed by atoms with Crippen LogP contribution in [0.5, 0.6) is 5.75 Å². The lowest BCUT2D eigenvalue weighted by Crippen LogP contribution is -2.35. The smallest absolute Gasteiger partial charge is 0.308 e. The van der Waals surface area contributed by atoms with Gasteiger partial charge >= 0.3 is 5.97 Å². The first kappa shape index (κ1) is 17.2. The molecule has 0 saturated carbocycles. The van der Waals surface area contributed by atoms with E-state index < -0.39 is 21.9 Å². The minimum atomic E-state index is -3.97. The molecule has 0 spiro atoms. The number of sulfonamides is 1. The van der Waals surface area contributed by atoms with Crippen molar-refractivity contribution in [1.29, 1.82) is 0 Å². The fourth-order valence-corrected chi connectivity index (χ4v) is 4.61. The van der Waals surface area contributed by atoms with Gasteiger partial charge in [-0.15, -0.1) is 11.3 Å². The SMILES string of the molecule is CC(=O)Oc1ccc(N(C(C)=O)S(=O)(=O)c2cccs2)c(C)c1. The highest BCUT2D eigenvalue weighted by atomic mass is 32.2. The van der Waals surface area contributed by atoms with E-state index in [9.17, 15) is 18.0 Å². The van der Waals surface area contributed by atoms with Crippen LogP contribution in [-0.2, 0) is 19.6 Å². The largest absolute Gasteiger partial charge is 0.427 e. The fourth-order valence-electron chi connectivity index (χ4n) is 2.05. The Morgan fingerprint density at radius 1 is 1.17 bits per heavy atom. The number of benzene rings is 1. The molecule has 0 bridgehead atoms. The van der Waals surface area contributed by atoms with Crippen LogP contribution in [0.1, 0.15) is 19.4 Å². The highest BCUT2D eigenvalue weighted by Crippen LogP contribution is 2.31. The molecule has 0 atom stereocenters. The maximum Gasteiger partial charge on any atom is 0.308 e. The Hall–Kier alpha value is -2.19. The van der Waals surface area contributed by atoms with Crippen molar-refractivity contribution < 1.29 is 22.7 Å². The molecule has 0 aliphatic rings. The van der Waals surface area contributed by atoms with E-state index in [-0.39, 0.29) is 15.6 Å². The third-order valence-electron chi connectivity index (χ3n) is 2.92. The van der Waals surface area contributed by atoms with E-state index in [4.69, 9.17) is 4.74 Å². The summed E-state index contributed by atoms with van der Waals surface area (Å²) in [5, 5.41) is 1.63. The third-order valence-corrected chi connectivity index (χ3v) is 6.09. The lowest BCUT2D eigenvalue weighted by molar-refractivity contribution is -0.131. The predicted octanol–water partition coefficient (Wildman–Crippen LogP) is 2.72. The summed E-state index contributed by atoms with van der Waals surface area (Å²) in [5.41, 5.74) is 0.723. The van der Waals surface area contributed by atoms with E-state index in [0.29, 0.717) is 5.56 Å². The number of carbonyl (C=O) groups excluding carboxylic acids is 2. The molecule has 0 saturated heterocycles. The van der Waals surface area contributed by atoms with Gasteiger partial charge in [0.25, 0.3) is 10.0 Å². The van der Waals surface area contributed by atoms with Crippen LogP contribution in [0, 0.1) is 6.92 Å². The van der Waals surface area contributed by atoms with Crippen LogP contribution in [0.2, 0.25) is 0 Å². The van der Waals surface area contributed by atoms with Crippen molar-refractivity contribution in [2.45, 2.75) is 25.0 Å². The third kappa shape index (κ3) is 3.59. The Bertz CT molecular complexity index is 841. The number of carbonyl (C=O) groups is 2. The molecule has 8 heteroatoms. The molecule has 122 valence electrons. The number of aryl methyl sites for hydroxylation is 1. The summed E-state index contributed by atoms with van der Waals surface area (Å²) in [6.07, 6.45) is 0. The van der Waals surface area contributed by atoms with Crippen molar-refractivity contribution in [3.8, 4) is 5.75 Å². The Kier molecular flexibility index (Phi) is 4.86. The van der Waals surface area contributed by atoms with Gasteiger partial charge in [-0.3, -0.25) is 9.59 Å². The number of ether oxygens (including phenoxy) is 1. The quantitative estimate of drug-likeness (QED) is 0.624. The van der Waals surface area contributed by atoms with E-state index in [1.165, 1.54) is 38.1 Å². The molecular formula is C15H15NO5S2. The summed E-state index contributed by atoms with van der Waals surface area (Å²) in [6.45, 7) is 4.10. The molecular weight excluding hydrogens is 338 g/mol. The minimum absolute atomic E-state index is 0.0798. The molecule has 1 amide bonds. The average molecular weight is 353 g/mol. The Balaban J connectivity index is 2.51. The molecule has 23 heavy (non-hydrogen) atoms. The summed E-state index contributed by atoms with van der Waals surface area (Å²) in [6, 6.07) is 7.45. The monoisotopic (exact) mass is 353 g/mol. The standard InChI is InChI=1S/C15H15NO5S2/c1-10-9-13(21-12(3)18)6-7-14(10)16(11(2)17)23(19,20)15-5-4-8-22-15/h4-9H,1-3H3. The number of hydrogen-bond acceptors (Lipinski definition) is 6. The van der Waals surface area contributed by atoms with Crippen molar-refractivity contribution in [2.75, 3.05) is 4.31 Å². The number of anilines is 1. The zero-order valence-electron chi connectivity index (χ0n) is 12.8. The molecule has 1 aromatic carbocycles. The van der Waals surface area contributed by atoms with Gasteiger partial charge in [-0.25, -0.2) is 4.31 Å². The number of nitrogens with zero attached hydrogens (tertiary/aromatic N) is 1. The number of amides is 1. The van der Waals surface area contributed by atoms with E-state index in [2.05, 4.69) is 0 Å². The van der Waals surface area contributed by atoms with Crippen molar-refractivity contribution in [1.82, 2.24) is 0 Å². The second-order valence-corrected chi connectivity index (χ2v) is 7.72. The van der Waals surface area contributed by atoms with Gasteiger partial charge in [0.15, 0.2) is 0 Å². The van der Waals surface area contributed by atoms with Gasteiger partial charge in [-0.1, -0.05) is 6.07 Å². The Morgan fingerprint density at radius 3 is 2.35 bits per heavy atom. The Morgan fingerprint density at radius 2 is 1.87 bits per heavy atom. The first-order valence-electron chi connectivity index (χ1n) is 6.62. The lowest BCUT2D eigenvalue weighted by Gasteiger charge is -2.22. The second kappa shape index (κ2) is 6.51. The van der Waals surface area contributed by atoms with Gasteiger partial charge in [0, 0.05) is 13.8 Å². The van der Waals surface area contributed by atoms with E-state index in [1.54, 1.807) is 18.4 Å². The summed E-state index contributed by atoms with van der Waals surface area (Å²) >= 11 is 1.04. The maximum atomic E-state index is 12.7. The van der Waals surface area contributed by atoms with Gasteiger partial charge in [0.1, 0.15) is 9.96 Å². The molecule has 0 aliphatic carbocycles. The number of esters is 1. The van der Waals surface area contributed by atoms with Crippen LogP contribution < -0.4 is 9.04 Å². The molecule has 0 unspecified atom stereocenters. The van der Waals surface area contributed by atoms with Crippen molar-refractivity contribution in [3.63, 3.8) is 0 Å². The van der Waals surface area contributed by atoms with Crippen LogP contribution in [0.4, 0.5) is 5.69 Å². The highest BCUT2D eigenvalue weighted by Gasteiger charge is 2.30. The van der Waals surface area contributed by atoms with E-state index >= 15 is 0 Å². The molecule has 0 N–H and O–H groups in total. The topological polar surface area (TPSA) is 80.8 Å². The normalized spacial score (nSPS) is 11.1. The number of thiophene rings is 1. The average Bonchev–Trinajstić information content (AvgIpc) is 2.95. The van der Waals surface area contributed by atoms with E-state index in [1.807, 2.05) is 0 Å². The molecule has 1 aromatic heterocycles. The van der Waals surface area contributed by atoms with Crippen LogP contribution in [0.25, 0.3) is 0 Å².